The molecule has 4 heteroatoms. The summed E-state index contributed by atoms with van der Waals surface area (Å²) in [6.45, 7) is 9.46. The molecule has 0 saturated heterocycles. The summed E-state index contributed by atoms with van der Waals surface area (Å²) in [6, 6.07) is 3.65. The number of fused-ring (bicyclic) bond motifs is 1. The van der Waals surface area contributed by atoms with Crippen molar-refractivity contribution in [2.75, 3.05) is 11.9 Å². The van der Waals surface area contributed by atoms with Crippen LogP contribution >= 0.6 is 23.2 Å². The minimum Gasteiger partial charge on any atom is -0.384 e. The van der Waals surface area contributed by atoms with Gasteiger partial charge in [-0.05, 0) is 37.0 Å². The zero-order valence-corrected chi connectivity index (χ0v) is 13.9. The molecule has 20 heavy (non-hydrogen) atoms. The van der Waals surface area contributed by atoms with Gasteiger partial charge in [0.2, 0.25) is 0 Å². The van der Waals surface area contributed by atoms with E-state index < -0.39 is 0 Å². The van der Waals surface area contributed by atoms with Gasteiger partial charge in [0.15, 0.2) is 0 Å². The van der Waals surface area contributed by atoms with Crippen LogP contribution in [-0.4, -0.2) is 11.5 Å². The summed E-state index contributed by atoms with van der Waals surface area (Å²) in [5.41, 5.74) is 4.22. The first-order valence-corrected chi connectivity index (χ1v) is 7.74. The molecule has 0 fully saturated rings. The molecule has 0 unspecified atom stereocenters. The zero-order chi connectivity index (χ0) is 14.9. The van der Waals surface area contributed by atoms with Crippen LogP contribution in [0.2, 0.25) is 10.0 Å². The molecule has 0 radical (unpaired) electrons. The standard InChI is InChI=1S/C16H20Cl2N2/c1-5-6-19-16-14(9(2)3)10(4)20-13-8-11(17)7-12(18)15(13)16/h7-9H,5-6H2,1-4H3,(H,19,20). The first-order chi connectivity index (χ1) is 9.45. The van der Waals surface area contributed by atoms with Crippen LogP contribution in [0.25, 0.3) is 10.9 Å². The number of nitrogens with one attached hydrogen (secondary N) is 1. The molecule has 0 atom stereocenters. The Hall–Kier alpha value is -0.990. The molecule has 0 aliphatic rings. The molecule has 0 aliphatic carbocycles. The fourth-order valence-corrected chi connectivity index (χ4v) is 3.17. The molecule has 2 nitrogen and oxygen atoms in total. The van der Waals surface area contributed by atoms with Crippen LogP contribution in [0.15, 0.2) is 12.1 Å². The van der Waals surface area contributed by atoms with E-state index in [1.165, 1.54) is 5.56 Å². The van der Waals surface area contributed by atoms with Gasteiger partial charge in [-0.3, -0.25) is 4.98 Å². The second-order valence-electron chi connectivity index (χ2n) is 5.35. The predicted octanol–water partition coefficient (Wildman–Crippen LogP) is 5.80. The lowest BCUT2D eigenvalue weighted by atomic mass is 9.96. The molecule has 1 heterocycles. The van der Waals surface area contributed by atoms with Gasteiger partial charge in [-0.1, -0.05) is 44.0 Å². The molecule has 0 saturated carbocycles. The van der Waals surface area contributed by atoms with Crippen molar-refractivity contribution in [3.05, 3.63) is 33.4 Å². The van der Waals surface area contributed by atoms with Gasteiger partial charge in [0.1, 0.15) is 0 Å². The second kappa shape index (κ2) is 6.19. The maximum absolute atomic E-state index is 6.41. The molecule has 1 N–H and O–H groups in total. The Morgan fingerprint density at radius 2 is 1.95 bits per heavy atom. The fraction of sp³-hybridized carbons (Fsp3) is 0.438. The number of aromatic nitrogens is 1. The summed E-state index contributed by atoms with van der Waals surface area (Å²) < 4.78 is 0. The van der Waals surface area contributed by atoms with E-state index in [2.05, 4.69) is 31.1 Å². The highest BCUT2D eigenvalue weighted by atomic mass is 35.5. The van der Waals surface area contributed by atoms with E-state index in [-0.39, 0.29) is 0 Å². The summed E-state index contributed by atoms with van der Waals surface area (Å²) >= 11 is 12.5. The van der Waals surface area contributed by atoms with Gasteiger partial charge in [-0.2, -0.15) is 0 Å². The number of benzene rings is 1. The molecule has 0 aliphatic heterocycles. The van der Waals surface area contributed by atoms with Crippen molar-refractivity contribution < 1.29 is 0 Å². The molecule has 0 spiro atoms. The Labute approximate surface area is 130 Å². The maximum atomic E-state index is 6.41. The van der Waals surface area contributed by atoms with E-state index in [1.54, 1.807) is 6.07 Å². The largest absolute Gasteiger partial charge is 0.384 e. The van der Waals surface area contributed by atoms with Crippen LogP contribution in [-0.2, 0) is 0 Å². The van der Waals surface area contributed by atoms with Crippen molar-refractivity contribution in [3.63, 3.8) is 0 Å². The molecular weight excluding hydrogens is 291 g/mol. The molecule has 0 amide bonds. The number of hydrogen-bond donors (Lipinski definition) is 1. The number of hydrogen-bond acceptors (Lipinski definition) is 2. The van der Waals surface area contributed by atoms with Crippen molar-refractivity contribution in [2.45, 2.75) is 40.0 Å². The van der Waals surface area contributed by atoms with E-state index in [0.717, 1.165) is 35.2 Å². The van der Waals surface area contributed by atoms with E-state index in [9.17, 15) is 0 Å². The molecule has 2 rings (SSSR count). The summed E-state index contributed by atoms with van der Waals surface area (Å²) in [5, 5.41) is 5.76. The Balaban J connectivity index is 2.81. The normalized spacial score (nSPS) is 11.3. The lowest BCUT2D eigenvalue weighted by molar-refractivity contribution is 0.845. The summed E-state index contributed by atoms with van der Waals surface area (Å²) in [4.78, 5) is 4.68. The van der Waals surface area contributed by atoms with Gasteiger partial charge < -0.3 is 5.32 Å². The highest BCUT2D eigenvalue weighted by Crippen LogP contribution is 2.38. The zero-order valence-electron chi connectivity index (χ0n) is 12.3. The number of aryl methyl sites for hydroxylation is 1. The topological polar surface area (TPSA) is 24.9 Å². The van der Waals surface area contributed by atoms with Gasteiger partial charge >= 0.3 is 0 Å². The monoisotopic (exact) mass is 310 g/mol. The average Bonchev–Trinajstić information content (AvgIpc) is 2.33. The molecule has 1 aromatic heterocycles. The molecule has 108 valence electrons. The number of anilines is 1. The third kappa shape index (κ3) is 2.87. The van der Waals surface area contributed by atoms with Crippen molar-refractivity contribution >= 4 is 39.8 Å². The van der Waals surface area contributed by atoms with Crippen LogP contribution in [0.4, 0.5) is 5.69 Å². The van der Waals surface area contributed by atoms with E-state index in [0.29, 0.717) is 16.0 Å². The van der Waals surface area contributed by atoms with Gasteiger partial charge in [0, 0.05) is 22.6 Å². The third-order valence-corrected chi connectivity index (χ3v) is 3.88. The van der Waals surface area contributed by atoms with Crippen LogP contribution in [0, 0.1) is 6.92 Å². The fourth-order valence-electron chi connectivity index (χ4n) is 2.59. The van der Waals surface area contributed by atoms with Gasteiger partial charge in [-0.15, -0.1) is 0 Å². The van der Waals surface area contributed by atoms with Crippen molar-refractivity contribution in [1.82, 2.24) is 4.98 Å². The quantitative estimate of drug-likeness (QED) is 0.772. The Bertz CT molecular complexity index is 636. The maximum Gasteiger partial charge on any atom is 0.0756 e. The lowest BCUT2D eigenvalue weighted by Crippen LogP contribution is -2.08. The highest BCUT2D eigenvalue weighted by Gasteiger charge is 2.17. The Kier molecular flexibility index (Phi) is 4.77. The summed E-state index contributed by atoms with van der Waals surface area (Å²) in [6.07, 6.45) is 1.06. The van der Waals surface area contributed by atoms with E-state index in [4.69, 9.17) is 23.2 Å². The predicted molar refractivity (Wildman–Crippen MR) is 89.4 cm³/mol. The number of pyridine rings is 1. The SMILES string of the molecule is CCCNc1c(C(C)C)c(C)nc2cc(Cl)cc(Cl)c12. The Morgan fingerprint density at radius 1 is 1.25 bits per heavy atom. The number of halogens is 2. The van der Waals surface area contributed by atoms with Crippen LogP contribution in [0.1, 0.15) is 44.4 Å². The van der Waals surface area contributed by atoms with Crippen LogP contribution in [0.3, 0.4) is 0 Å². The van der Waals surface area contributed by atoms with Crippen LogP contribution in [0.5, 0.6) is 0 Å². The van der Waals surface area contributed by atoms with Gasteiger partial charge in [0.05, 0.1) is 16.2 Å². The van der Waals surface area contributed by atoms with Gasteiger partial charge in [0.25, 0.3) is 0 Å². The molecule has 2 aromatic rings. The second-order valence-corrected chi connectivity index (χ2v) is 6.19. The average molecular weight is 311 g/mol. The lowest BCUT2D eigenvalue weighted by Gasteiger charge is -2.20. The number of rotatable bonds is 4. The third-order valence-electron chi connectivity index (χ3n) is 3.36. The van der Waals surface area contributed by atoms with E-state index in [1.807, 2.05) is 13.0 Å². The summed E-state index contributed by atoms with van der Waals surface area (Å²) in [7, 11) is 0. The number of nitrogens with zero attached hydrogens (tertiary/aromatic N) is 1. The van der Waals surface area contributed by atoms with Crippen molar-refractivity contribution in [2.24, 2.45) is 0 Å². The Morgan fingerprint density at radius 3 is 2.55 bits per heavy atom. The van der Waals surface area contributed by atoms with Crippen molar-refractivity contribution in [1.29, 1.82) is 0 Å². The highest BCUT2D eigenvalue weighted by molar-refractivity contribution is 6.39. The van der Waals surface area contributed by atoms with Gasteiger partial charge in [-0.25, -0.2) is 0 Å². The van der Waals surface area contributed by atoms with Crippen LogP contribution < -0.4 is 5.32 Å². The van der Waals surface area contributed by atoms with E-state index >= 15 is 0 Å². The minimum absolute atomic E-state index is 0.387. The molecule has 0 bridgehead atoms. The summed E-state index contributed by atoms with van der Waals surface area (Å²) in [5.74, 6) is 0.387. The molecule has 1 aromatic carbocycles. The minimum atomic E-state index is 0.387. The molecular formula is C16H20Cl2N2. The smallest absolute Gasteiger partial charge is 0.0756 e. The van der Waals surface area contributed by atoms with Crippen molar-refractivity contribution in [3.8, 4) is 0 Å². The first kappa shape index (κ1) is 15.4. The first-order valence-electron chi connectivity index (χ1n) is 6.98.